The first kappa shape index (κ1) is 18.9. The van der Waals surface area contributed by atoms with E-state index in [0.717, 1.165) is 40.9 Å². The van der Waals surface area contributed by atoms with Crippen LogP contribution in [0.15, 0.2) is 55.0 Å². The third kappa shape index (κ3) is 3.76. The van der Waals surface area contributed by atoms with Crippen LogP contribution in [0.1, 0.15) is 42.9 Å². The molecule has 0 fully saturated rings. The van der Waals surface area contributed by atoms with E-state index in [1.807, 2.05) is 78.9 Å². The molecule has 0 radical (unpaired) electrons. The number of aromatic nitrogens is 5. The molecule has 0 aliphatic carbocycles. The van der Waals surface area contributed by atoms with Gasteiger partial charge in [-0.2, -0.15) is 10.2 Å². The molecule has 0 bridgehead atoms. The lowest BCUT2D eigenvalue weighted by Gasteiger charge is -2.14. The van der Waals surface area contributed by atoms with Gasteiger partial charge in [0.15, 0.2) is 0 Å². The summed E-state index contributed by atoms with van der Waals surface area (Å²) in [6.07, 6.45) is 5.64. The fourth-order valence-electron chi connectivity index (χ4n) is 3.31. The highest BCUT2D eigenvalue weighted by molar-refractivity contribution is 6.07. The van der Waals surface area contributed by atoms with E-state index in [9.17, 15) is 4.79 Å². The first-order chi connectivity index (χ1) is 14.1. The molecule has 29 heavy (non-hydrogen) atoms. The number of carbonyl (C=O) groups excluding carboxylic acids is 1. The van der Waals surface area contributed by atoms with Crippen LogP contribution in [-0.4, -0.2) is 30.5 Å². The molecule has 7 heteroatoms. The van der Waals surface area contributed by atoms with Crippen LogP contribution in [-0.2, 0) is 13.1 Å². The minimum atomic E-state index is -0.200. The number of fused-ring (bicyclic) bond motifs is 1. The summed E-state index contributed by atoms with van der Waals surface area (Å²) in [5.74, 6) is -0.147. The lowest BCUT2D eigenvalue weighted by molar-refractivity contribution is 0.0940. The Morgan fingerprint density at radius 1 is 1.14 bits per heavy atom. The molecule has 0 saturated heterocycles. The van der Waals surface area contributed by atoms with Gasteiger partial charge in [-0.25, -0.2) is 4.98 Å². The molecule has 0 aliphatic heterocycles. The summed E-state index contributed by atoms with van der Waals surface area (Å²) < 4.78 is 3.70. The standard InChI is InChI=1S/C22H24N6O/c1-4-27-11-10-19(26-27)15(3)24-22(29)18-12-21(16-13-23-28(5-2)14-16)25-20-9-7-6-8-17(18)20/h6-15H,4-5H2,1-3H3,(H,24,29). The number of para-hydroxylation sites is 1. The third-order valence-electron chi connectivity index (χ3n) is 4.99. The summed E-state index contributed by atoms with van der Waals surface area (Å²) in [5, 5.41) is 12.7. The Hall–Kier alpha value is -3.48. The van der Waals surface area contributed by atoms with E-state index in [1.54, 1.807) is 6.20 Å². The molecule has 4 rings (SSSR count). The number of hydrogen-bond acceptors (Lipinski definition) is 4. The molecular formula is C22H24N6O. The summed E-state index contributed by atoms with van der Waals surface area (Å²) in [6, 6.07) is 11.3. The van der Waals surface area contributed by atoms with E-state index in [4.69, 9.17) is 4.98 Å². The van der Waals surface area contributed by atoms with E-state index in [2.05, 4.69) is 15.5 Å². The highest BCUT2D eigenvalue weighted by atomic mass is 16.1. The molecule has 1 atom stereocenters. The number of hydrogen-bond donors (Lipinski definition) is 1. The molecule has 0 saturated carbocycles. The second-order valence-electron chi connectivity index (χ2n) is 6.95. The monoisotopic (exact) mass is 388 g/mol. The molecule has 0 spiro atoms. The van der Waals surface area contributed by atoms with Gasteiger partial charge in [-0.05, 0) is 39.0 Å². The molecule has 7 nitrogen and oxygen atoms in total. The number of rotatable bonds is 6. The van der Waals surface area contributed by atoms with Crippen molar-refractivity contribution in [3.8, 4) is 11.3 Å². The predicted molar refractivity (Wildman–Crippen MR) is 112 cm³/mol. The molecule has 148 valence electrons. The highest BCUT2D eigenvalue weighted by Crippen LogP contribution is 2.25. The van der Waals surface area contributed by atoms with Crippen LogP contribution in [0.4, 0.5) is 0 Å². The van der Waals surface area contributed by atoms with Gasteiger partial charge < -0.3 is 5.32 Å². The zero-order chi connectivity index (χ0) is 20.4. The topological polar surface area (TPSA) is 77.6 Å². The Bertz CT molecular complexity index is 1160. The lowest BCUT2D eigenvalue weighted by Crippen LogP contribution is -2.27. The zero-order valence-corrected chi connectivity index (χ0v) is 16.8. The summed E-state index contributed by atoms with van der Waals surface area (Å²) >= 11 is 0. The van der Waals surface area contributed by atoms with Crippen LogP contribution in [0.2, 0.25) is 0 Å². The van der Waals surface area contributed by atoms with E-state index in [0.29, 0.717) is 5.56 Å². The van der Waals surface area contributed by atoms with Gasteiger partial charge in [0.1, 0.15) is 0 Å². The molecule has 1 unspecified atom stereocenters. The molecule has 0 aliphatic rings. The lowest BCUT2D eigenvalue weighted by atomic mass is 10.0. The van der Waals surface area contributed by atoms with Crippen molar-refractivity contribution in [2.75, 3.05) is 0 Å². The van der Waals surface area contributed by atoms with Gasteiger partial charge in [0.05, 0.1) is 34.7 Å². The number of carbonyl (C=O) groups is 1. The van der Waals surface area contributed by atoms with Crippen molar-refractivity contribution >= 4 is 16.8 Å². The number of amides is 1. The Morgan fingerprint density at radius 3 is 2.66 bits per heavy atom. The largest absolute Gasteiger partial charge is 0.344 e. The Kier molecular flexibility index (Phi) is 5.12. The zero-order valence-electron chi connectivity index (χ0n) is 16.8. The van der Waals surface area contributed by atoms with Crippen LogP contribution in [0.5, 0.6) is 0 Å². The number of pyridine rings is 1. The summed E-state index contributed by atoms with van der Waals surface area (Å²) in [6.45, 7) is 7.58. The van der Waals surface area contributed by atoms with Crippen molar-refractivity contribution in [1.29, 1.82) is 0 Å². The summed E-state index contributed by atoms with van der Waals surface area (Å²) in [4.78, 5) is 17.9. The van der Waals surface area contributed by atoms with E-state index in [1.165, 1.54) is 0 Å². The van der Waals surface area contributed by atoms with Crippen molar-refractivity contribution in [2.45, 2.75) is 39.9 Å². The number of nitrogens with zero attached hydrogens (tertiary/aromatic N) is 5. The maximum atomic E-state index is 13.2. The maximum Gasteiger partial charge on any atom is 0.252 e. The van der Waals surface area contributed by atoms with Crippen molar-refractivity contribution in [1.82, 2.24) is 29.9 Å². The molecule has 3 heterocycles. The number of nitrogens with one attached hydrogen (secondary N) is 1. The van der Waals surface area contributed by atoms with Gasteiger partial charge >= 0.3 is 0 Å². The van der Waals surface area contributed by atoms with Crippen LogP contribution < -0.4 is 5.32 Å². The van der Waals surface area contributed by atoms with E-state index >= 15 is 0 Å². The Labute approximate surface area is 169 Å². The first-order valence-electron chi connectivity index (χ1n) is 9.85. The summed E-state index contributed by atoms with van der Waals surface area (Å²) in [7, 11) is 0. The van der Waals surface area contributed by atoms with Crippen LogP contribution in [0.3, 0.4) is 0 Å². The highest BCUT2D eigenvalue weighted by Gasteiger charge is 2.18. The Balaban J connectivity index is 1.70. The van der Waals surface area contributed by atoms with Gasteiger partial charge in [0, 0.05) is 36.4 Å². The van der Waals surface area contributed by atoms with Gasteiger partial charge in [-0.3, -0.25) is 14.2 Å². The summed E-state index contributed by atoms with van der Waals surface area (Å²) in [5.41, 5.74) is 3.83. The fourth-order valence-corrected chi connectivity index (χ4v) is 3.31. The average Bonchev–Trinajstić information content (AvgIpc) is 3.42. The second kappa shape index (κ2) is 7.87. The average molecular weight is 388 g/mol. The van der Waals surface area contributed by atoms with Crippen molar-refractivity contribution < 1.29 is 4.79 Å². The molecule has 1 N–H and O–H groups in total. The SMILES string of the molecule is CCn1cc(-c2cc(C(=O)NC(C)c3ccn(CC)n3)c3ccccc3n2)cn1. The molecular weight excluding hydrogens is 364 g/mol. The molecule has 1 aromatic carbocycles. The fraction of sp³-hybridized carbons (Fsp3) is 0.273. The van der Waals surface area contributed by atoms with Gasteiger partial charge in [-0.15, -0.1) is 0 Å². The van der Waals surface area contributed by atoms with Gasteiger partial charge in [0.2, 0.25) is 0 Å². The van der Waals surface area contributed by atoms with Crippen molar-refractivity contribution in [3.63, 3.8) is 0 Å². The van der Waals surface area contributed by atoms with Crippen LogP contribution >= 0.6 is 0 Å². The van der Waals surface area contributed by atoms with E-state index < -0.39 is 0 Å². The number of benzene rings is 1. The van der Waals surface area contributed by atoms with Crippen molar-refractivity contribution in [3.05, 3.63) is 66.2 Å². The third-order valence-corrected chi connectivity index (χ3v) is 4.99. The Morgan fingerprint density at radius 2 is 1.93 bits per heavy atom. The van der Waals surface area contributed by atoms with Crippen molar-refractivity contribution in [2.24, 2.45) is 0 Å². The molecule has 4 aromatic rings. The minimum absolute atomic E-state index is 0.147. The first-order valence-corrected chi connectivity index (χ1v) is 9.85. The van der Waals surface area contributed by atoms with Gasteiger partial charge in [-0.1, -0.05) is 18.2 Å². The molecule has 1 amide bonds. The molecule has 3 aromatic heterocycles. The second-order valence-corrected chi connectivity index (χ2v) is 6.95. The van der Waals surface area contributed by atoms with Crippen LogP contribution in [0, 0.1) is 0 Å². The quantitative estimate of drug-likeness (QED) is 0.545. The maximum absolute atomic E-state index is 13.2. The number of aryl methyl sites for hydroxylation is 2. The normalized spacial score (nSPS) is 12.2. The van der Waals surface area contributed by atoms with E-state index in [-0.39, 0.29) is 11.9 Å². The van der Waals surface area contributed by atoms with Gasteiger partial charge in [0.25, 0.3) is 5.91 Å². The van der Waals surface area contributed by atoms with Crippen LogP contribution in [0.25, 0.3) is 22.2 Å². The minimum Gasteiger partial charge on any atom is -0.344 e. The predicted octanol–water partition coefficient (Wildman–Crippen LogP) is 3.83. The smallest absolute Gasteiger partial charge is 0.252 e.